The molecule has 0 amide bonds. The van der Waals surface area contributed by atoms with E-state index in [2.05, 4.69) is 25.9 Å². The number of aromatic nitrogens is 3. The molecule has 110 valence electrons. The Labute approximate surface area is 128 Å². The highest BCUT2D eigenvalue weighted by molar-refractivity contribution is 5.46. The maximum Gasteiger partial charge on any atom is 0.195 e. The lowest BCUT2D eigenvalue weighted by molar-refractivity contribution is 0.238. The summed E-state index contributed by atoms with van der Waals surface area (Å²) in [7, 11) is 0. The standard InChI is InChI=1S/C17H16N4O/c1-2-7-18-14(4-1)11-21-8-6-13-10-19-17(20-15(13)12-21)16-5-3-9-22-16/h1-5,7,9-10H,6,8,11-12H2. The van der Waals surface area contributed by atoms with E-state index >= 15 is 0 Å². The third-order valence-corrected chi connectivity index (χ3v) is 3.88. The van der Waals surface area contributed by atoms with Gasteiger partial charge in [-0.25, -0.2) is 9.97 Å². The van der Waals surface area contributed by atoms with Crippen molar-refractivity contribution >= 4 is 0 Å². The fourth-order valence-corrected chi connectivity index (χ4v) is 2.74. The molecule has 0 fully saturated rings. The largest absolute Gasteiger partial charge is 0.461 e. The monoisotopic (exact) mass is 292 g/mol. The summed E-state index contributed by atoms with van der Waals surface area (Å²) in [5, 5.41) is 0. The number of fused-ring (bicyclic) bond motifs is 1. The molecule has 0 aliphatic carbocycles. The van der Waals surface area contributed by atoms with Gasteiger partial charge in [0.2, 0.25) is 0 Å². The van der Waals surface area contributed by atoms with Crippen LogP contribution in [0.3, 0.4) is 0 Å². The molecule has 0 spiro atoms. The predicted molar refractivity (Wildman–Crippen MR) is 81.8 cm³/mol. The molecule has 5 nitrogen and oxygen atoms in total. The van der Waals surface area contributed by atoms with Crippen molar-refractivity contribution in [3.63, 3.8) is 0 Å². The van der Waals surface area contributed by atoms with Gasteiger partial charge in [0.25, 0.3) is 0 Å². The molecule has 1 aliphatic rings. The summed E-state index contributed by atoms with van der Waals surface area (Å²) in [6.07, 6.45) is 6.38. The average Bonchev–Trinajstić information content (AvgIpc) is 3.10. The Hall–Kier alpha value is -2.53. The lowest BCUT2D eigenvalue weighted by atomic mass is 10.1. The Morgan fingerprint density at radius 1 is 1.14 bits per heavy atom. The van der Waals surface area contributed by atoms with Crippen LogP contribution >= 0.6 is 0 Å². The van der Waals surface area contributed by atoms with Gasteiger partial charge in [-0.15, -0.1) is 0 Å². The minimum Gasteiger partial charge on any atom is -0.461 e. The molecule has 0 saturated heterocycles. The Morgan fingerprint density at radius 3 is 2.95 bits per heavy atom. The van der Waals surface area contributed by atoms with Gasteiger partial charge in [-0.3, -0.25) is 9.88 Å². The molecule has 0 aromatic carbocycles. The van der Waals surface area contributed by atoms with Gasteiger partial charge in [0.05, 0.1) is 17.7 Å². The van der Waals surface area contributed by atoms with Crippen molar-refractivity contribution in [2.75, 3.05) is 6.54 Å². The van der Waals surface area contributed by atoms with Crippen LogP contribution in [0.1, 0.15) is 17.0 Å². The van der Waals surface area contributed by atoms with Crippen LogP contribution in [-0.4, -0.2) is 26.4 Å². The van der Waals surface area contributed by atoms with Crippen LogP contribution in [0.15, 0.2) is 53.4 Å². The molecule has 0 radical (unpaired) electrons. The van der Waals surface area contributed by atoms with Crippen molar-refractivity contribution in [2.24, 2.45) is 0 Å². The van der Waals surface area contributed by atoms with Crippen molar-refractivity contribution in [1.29, 1.82) is 0 Å². The van der Waals surface area contributed by atoms with Crippen LogP contribution in [0.2, 0.25) is 0 Å². The maximum atomic E-state index is 5.38. The lowest BCUT2D eigenvalue weighted by Gasteiger charge is -2.27. The SMILES string of the molecule is c1ccc(CN2CCc3cnc(-c4ccco4)nc3C2)nc1. The highest BCUT2D eigenvalue weighted by Crippen LogP contribution is 2.22. The van der Waals surface area contributed by atoms with Crippen molar-refractivity contribution < 1.29 is 4.42 Å². The molecule has 0 saturated carbocycles. The molecule has 0 bridgehead atoms. The van der Waals surface area contributed by atoms with E-state index < -0.39 is 0 Å². The third-order valence-electron chi connectivity index (χ3n) is 3.88. The number of nitrogens with zero attached hydrogens (tertiary/aromatic N) is 4. The van der Waals surface area contributed by atoms with E-state index in [1.54, 1.807) is 6.26 Å². The lowest BCUT2D eigenvalue weighted by Crippen LogP contribution is -2.31. The van der Waals surface area contributed by atoms with Crippen LogP contribution in [-0.2, 0) is 19.5 Å². The minimum absolute atomic E-state index is 0.656. The van der Waals surface area contributed by atoms with E-state index in [-0.39, 0.29) is 0 Å². The van der Waals surface area contributed by atoms with Crippen LogP contribution in [0.25, 0.3) is 11.6 Å². The zero-order chi connectivity index (χ0) is 14.8. The highest BCUT2D eigenvalue weighted by Gasteiger charge is 2.19. The average molecular weight is 292 g/mol. The Bertz CT molecular complexity index is 756. The molecule has 3 aromatic heterocycles. The van der Waals surface area contributed by atoms with Gasteiger partial charge in [-0.1, -0.05) is 6.07 Å². The van der Waals surface area contributed by atoms with Crippen LogP contribution in [0.5, 0.6) is 0 Å². The topological polar surface area (TPSA) is 55.1 Å². The summed E-state index contributed by atoms with van der Waals surface area (Å²) in [5.41, 5.74) is 3.41. The first-order chi connectivity index (χ1) is 10.9. The third kappa shape index (κ3) is 2.63. The first-order valence-electron chi connectivity index (χ1n) is 7.39. The summed E-state index contributed by atoms with van der Waals surface area (Å²) >= 11 is 0. The van der Waals surface area contributed by atoms with Crippen LogP contribution in [0, 0.1) is 0 Å². The summed E-state index contributed by atoms with van der Waals surface area (Å²) in [4.78, 5) is 15.9. The van der Waals surface area contributed by atoms with Gasteiger partial charge in [0.1, 0.15) is 0 Å². The zero-order valence-corrected chi connectivity index (χ0v) is 12.1. The second-order valence-electron chi connectivity index (χ2n) is 5.42. The van der Waals surface area contributed by atoms with Gasteiger partial charge in [-0.2, -0.15) is 0 Å². The first-order valence-corrected chi connectivity index (χ1v) is 7.39. The molecular formula is C17H16N4O. The van der Waals surface area contributed by atoms with Gasteiger partial charge < -0.3 is 4.42 Å². The molecule has 4 rings (SSSR count). The molecule has 4 heterocycles. The van der Waals surface area contributed by atoms with Gasteiger partial charge in [-0.05, 0) is 36.2 Å². The number of rotatable bonds is 3. The van der Waals surface area contributed by atoms with Crippen molar-refractivity contribution in [3.8, 4) is 11.6 Å². The van der Waals surface area contributed by atoms with E-state index in [1.807, 2.05) is 36.7 Å². The fourth-order valence-electron chi connectivity index (χ4n) is 2.74. The molecule has 1 aliphatic heterocycles. The highest BCUT2D eigenvalue weighted by atomic mass is 16.3. The Morgan fingerprint density at radius 2 is 2.14 bits per heavy atom. The Kier molecular flexibility index (Phi) is 3.40. The van der Waals surface area contributed by atoms with E-state index in [0.29, 0.717) is 11.6 Å². The van der Waals surface area contributed by atoms with E-state index in [1.165, 1.54) is 5.56 Å². The van der Waals surface area contributed by atoms with Crippen LogP contribution in [0.4, 0.5) is 0 Å². The number of hydrogen-bond donors (Lipinski definition) is 0. The quantitative estimate of drug-likeness (QED) is 0.743. The van der Waals surface area contributed by atoms with E-state index in [0.717, 1.165) is 37.4 Å². The maximum absolute atomic E-state index is 5.38. The fraction of sp³-hybridized carbons (Fsp3) is 0.235. The smallest absolute Gasteiger partial charge is 0.195 e. The molecular weight excluding hydrogens is 276 g/mol. The first kappa shape index (κ1) is 13.2. The number of furan rings is 1. The van der Waals surface area contributed by atoms with Gasteiger partial charge in [0.15, 0.2) is 11.6 Å². The predicted octanol–water partition coefficient (Wildman–Crippen LogP) is 2.69. The Balaban J connectivity index is 1.55. The normalized spacial score (nSPS) is 14.7. The molecule has 0 atom stereocenters. The zero-order valence-electron chi connectivity index (χ0n) is 12.1. The summed E-state index contributed by atoms with van der Waals surface area (Å²) in [6, 6.07) is 9.76. The second kappa shape index (κ2) is 5.69. The molecule has 22 heavy (non-hydrogen) atoms. The van der Waals surface area contributed by atoms with Gasteiger partial charge in [0, 0.05) is 32.0 Å². The van der Waals surface area contributed by atoms with Crippen molar-refractivity contribution in [1.82, 2.24) is 19.9 Å². The number of pyridine rings is 1. The molecule has 3 aromatic rings. The van der Waals surface area contributed by atoms with E-state index in [9.17, 15) is 0 Å². The summed E-state index contributed by atoms with van der Waals surface area (Å²) in [6.45, 7) is 2.68. The minimum atomic E-state index is 0.656. The summed E-state index contributed by atoms with van der Waals surface area (Å²) < 4.78 is 5.38. The van der Waals surface area contributed by atoms with E-state index in [4.69, 9.17) is 4.42 Å². The molecule has 0 unspecified atom stereocenters. The summed E-state index contributed by atoms with van der Waals surface area (Å²) in [5.74, 6) is 1.37. The van der Waals surface area contributed by atoms with Gasteiger partial charge >= 0.3 is 0 Å². The molecule has 0 N–H and O–H groups in total. The van der Waals surface area contributed by atoms with Crippen molar-refractivity contribution in [3.05, 3.63) is 65.9 Å². The molecule has 5 heteroatoms. The van der Waals surface area contributed by atoms with Crippen molar-refractivity contribution in [2.45, 2.75) is 19.5 Å². The second-order valence-corrected chi connectivity index (χ2v) is 5.42. The van der Waals surface area contributed by atoms with Crippen LogP contribution < -0.4 is 0 Å². The number of hydrogen-bond acceptors (Lipinski definition) is 5.